The lowest BCUT2D eigenvalue weighted by Crippen LogP contribution is -2.40. The summed E-state index contributed by atoms with van der Waals surface area (Å²) in [4.78, 5) is 10.3. The number of nitrogens with one attached hydrogen (secondary N) is 3. The van der Waals surface area contributed by atoms with Crippen LogP contribution in [0.25, 0.3) is 0 Å². The van der Waals surface area contributed by atoms with Gasteiger partial charge in [-0.2, -0.15) is 18.2 Å². The van der Waals surface area contributed by atoms with Crippen molar-refractivity contribution < 1.29 is 26.3 Å². The smallest absolute Gasteiger partial charge is 0.421 e. The Kier molecular flexibility index (Phi) is 10.0. The van der Waals surface area contributed by atoms with Crippen molar-refractivity contribution >= 4 is 33.2 Å². The van der Waals surface area contributed by atoms with Crippen LogP contribution in [0.5, 0.6) is 5.75 Å². The monoisotopic (exact) mass is 621 g/mol. The van der Waals surface area contributed by atoms with Gasteiger partial charge >= 0.3 is 6.18 Å². The second kappa shape index (κ2) is 13.3. The van der Waals surface area contributed by atoms with E-state index in [0.717, 1.165) is 47.6 Å². The summed E-state index contributed by atoms with van der Waals surface area (Å²) in [7, 11) is 1.43. The van der Waals surface area contributed by atoms with E-state index < -0.39 is 27.6 Å². The molecule has 0 atom stereocenters. The normalized spacial score (nSPS) is 14.9. The number of rotatable bonds is 11. The molecule has 2 heterocycles. The van der Waals surface area contributed by atoms with Crippen molar-refractivity contribution in [2.24, 2.45) is 0 Å². The molecule has 0 unspecified atom stereocenters. The summed E-state index contributed by atoms with van der Waals surface area (Å²) in [5.74, 6) is -0.0198. The van der Waals surface area contributed by atoms with Gasteiger partial charge in [-0.1, -0.05) is 18.2 Å². The van der Waals surface area contributed by atoms with Crippen molar-refractivity contribution in [1.29, 1.82) is 0 Å². The second-order valence-electron chi connectivity index (χ2n) is 10.8. The molecule has 0 radical (unpaired) electrons. The van der Waals surface area contributed by atoms with E-state index in [9.17, 15) is 21.6 Å². The van der Waals surface area contributed by atoms with Crippen molar-refractivity contribution in [2.45, 2.75) is 45.1 Å². The average molecular weight is 622 g/mol. The van der Waals surface area contributed by atoms with Crippen LogP contribution in [0.2, 0.25) is 0 Å². The molecule has 234 valence electrons. The summed E-state index contributed by atoms with van der Waals surface area (Å²) in [5, 5.41) is 9.29. The first-order chi connectivity index (χ1) is 20.2. The predicted molar refractivity (Wildman–Crippen MR) is 162 cm³/mol. The molecule has 0 amide bonds. The molecule has 1 fully saturated rings. The van der Waals surface area contributed by atoms with Crippen LogP contribution in [0, 0.1) is 6.92 Å². The summed E-state index contributed by atoms with van der Waals surface area (Å²) < 4.78 is 72.6. The van der Waals surface area contributed by atoms with Gasteiger partial charge in [-0.3, -0.25) is 4.31 Å². The highest BCUT2D eigenvalue weighted by Crippen LogP contribution is 2.36. The van der Waals surface area contributed by atoms with Crippen molar-refractivity contribution in [1.82, 2.24) is 20.2 Å². The third-order valence-electron chi connectivity index (χ3n) is 7.44. The number of hydrogen-bond acceptors (Lipinski definition) is 9. The minimum absolute atomic E-state index is 0.0663. The lowest BCUT2D eigenvalue weighted by molar-refractivity contribution is -0.137. The molecule has 2 aromatic carbocycles. The third kappa shape index (κ3) is 8.48. The van der Waals surface area contributed by atoms with Crippen LogP contribution < -0.4 is 25.0 Å². The van der Waals surface area contributed by atoms with Gasteiger partial charge < -0.3 is 25.6 Å². The fourth-order valence-corrected chi connectivity index (χ4v) is 5.33. The number of aryl methyl sites for hydroxylation is 1. The fourth-order valence-electron chi connectivity index (χ4n) is 4.80. The van der Waals surface area contributed by atoms with Gasteiger partial charge in [-0.05, 0) is 74.8 Å². The zero-order chi connectivity index (χ0) is 31.4. The summed E-state index contributed by atoms with van der Waals surface area (Å²) in [6.45, 7) is 4.45. The Morgan fingerprint density at radius 3 is 2.49 bits per heavy atom. The van der Waals surface area contributed by atoms with E-state index in [2.05, 4.69) is 37.9 Å². The largest absolute Gasteiger partial charge is 0.495 e. The zero-order valence-corrected chi connectivity index (χ0v) is 25.7. The van der Waals surface area contributed by atoms with E-state index in [1.807, 2.05) is 12.1 Å². The Labute approximate surface area is 250 Å². The van der Waals surface area contributed by atoms with Gasteiger partial charge in [0.2, 0.25) is 16.0 Å². The van der Waals surface area contributed by atoms with Crippen LogP contribution in [0.4, 0.5) is 36.3 Å². The SMILES string of the molecule is COc1cc(CNC2CCN(C)CC2)ccc1Nc1ncc(C(F)(F)F)c(NCc2ccc(C)cc2N(C)S(C)(=O)=O)n1. The van der Waals surface area contributed by atoms with Gasteiger partial charge in [0.15, 0.2) is 0 Å². The summed E-state index contributed by atoms with van der Waals surface area (Å²) in [5.41, 5.74) is 2.08. The molecule has 43 heavy (non-hydrogen) atoms. The van der Waals surface area contributed by atoms with Crippen molar-refractivity contribution in [2.75, 3.05) is 55.5 Å². The Bertz CT molecular complexity index is 1530. The summed E-state index contributed by atoms with van der Waals surface area (Å²) in [6.07, 6.45) is -0.796. The maximum absolute atomic E-state index is 13.9. The van der Waals surface area contributed by atoms with Crippen LogP contribution in [0.15, 0.2) is 42.6 Å². The summed E-state index contributed by atoms with van der Waals surface area (Å²) in [6, 6.07) is 11.1. The number of sulfonamides is 1. The van der Waals surface area contributed by atoms with Crippen LogP contribution in [0.1, 0.15) is 35.1 Å². The highest BCUT2D eigenvalue weighted by molar-refractivity contribution is 7.92. The molecule has 0 saturated carbocycles. The van der Waals surface area contributed by atoms with E-state index in [1.54, 1.807) is 31.2 Å². The molecule has 4 rings (SSSR count). The molecular formula is C29H38F3N7O3S. The van der Waals surface area contributed by atoms with Crippen LogP contribution in [0.3, 0.4) is 0 Å². The van der Waals surface area contributed by atoms with E-state index in [4.69, 9.17) is 4.74 Å². The standard InChI is InChI=1S/C29H38F3N7O3S/c1-19-6-8-21(25(14-19)39(3)43(5,40)41)17-34-27-23(29(30,31)32)18-35-28(37-27)36-24-9-7-20(15-26(24)42-4)16-33-22-10-12-38(2)13-11-22/h6-9,14-15,18,22,33H,10-13,16-17H2,1-5H3,(H2,34,35,36,37). The molecule has 14 heteroatoms. The third-order valence-corrected chi connectivity index (χ3v) is 8.64. The molecule has 1 aromatic heterocycles. The molecule has 10 nitrogen and oxygen atoms in total. The van der Waals surface area contributed by atoms with Crippen molar-refractivity contribution in [3.8, 4) is 5.75 Å². The zero-order valence-electron chi connectivity index (χ0n) is 24.9. The molecular weight excluding hydrogens is 583 g/mol. The molecule has 3 N–H and O–H groups in total. The first kappa shape index (κ1) is 32.3. The maximum atomic E-state index is 13.9. The molecule has 0 aliphatic carbocycles. The number of halogens is 3. The number of anilines is 4. The van der Waals surface area contributed by atoms with Gasteiger partial charge in [0.05, 0.1) is 24.7 Å². The predicted octanol–water partition coefficient (Wildman–Crippen LogP) is 4.75. The molecule has 1 aliphatic rings. The van der Waals surface area contributed by atoms with E-state index in [0.29, 0.717) is 41.5 Å². The Balaban J connectivity index is 1.54. The van der Waals surface area contributed by atoms with Gasteiger partial charge in [-0.15, -0.1) is 0 Å². The molecule has 1 saturated heterocycles. The quantitative estimate of drug-likeness (QED) is 0.279. The lowest BCUT2D eigenvalue weighted by atomic mass is 10.0. The van der Waals surface area contributed by atoms with E-state index >= 15 is 0 Å². The molecule has 3 aromatic rings. The number of piperidine rings is 1. The number of benzene rings is 2. The highest BCUT2D eigenvalue weighted by atomic mass is 32.2. The van der Waals surface area contributed by atoms with E-state index in [-0.39, 0.29) is 12.5 Å². The van der Waals surface area contributed by atoms with Gasteiger partial charge in [-0.25, -0.2) is 13.4 Å². The van der Waals surface area contributed by atoms with Gasteiger partial charge in [0, 0.05) is 32.4 Å². The Morgan fingerprint density at radius 1 is 1.12 bits per heavy atom. The molecule has 1 aliphatic heterocycles. The number of methoxy groups -OCH3 is 1. The van der Waals surface area contributed by atoms with Crippen LogP contribution in [-0.4, -0.2) is 69.9 Å². The highest BCUT2D eigenvalue weighted by Gasteiger charge is 2.35. The first-order valence-electron chi connectivity index (χ1n) is 13.8. The number of aromatic nitrogens is 2. The minimum Gasteiger partial charge on any atom is -0.495 e. The van der Waals surface area contributed by atoms with E-state index in [1.165, 1.54) is 14.2 Å². The summed E-state index contributed by atoms with van der Waals surface area (Å²) >= 11 is 0. The fraction of sp³-hybridized carbons (Fsp3) is 0.448. The minimum atomic E-state index is -4.72. The molecule has 0 spiro atoms. The Hall–Kier alpha value is -3.62. The average Bonchev–Trinajstić information content (AvgIpc) is 2.95. The lowest BCUT2D eigenvalue weighted by Gasteiger charge is -2.29. The number of ether oxygens (including phenoxy) is 1. The van der Waals surface area contributed by atoms with Gasteiger partial charge in [0.1, 0.15) is 17.1 Å². The Morgan fingerprint density at radius 2 is 1.84 bits per heavy atom. The topological polar surface area (TPSA) is 112 Å². The maximum Gasteiger partial charge on any atom is 0.421 e. The van der Waals surface area contributed by atoms with Gasteiger partial charge in [0.25, 0.3) is 0 Å². The number of nitrogens with zero attached hydrogens (tertiary/aromatic N) is 4. The number of hydrogen-bond donors (Lipinski definition) is 3. The van der Waals surface area contributed by atoms with Crippen LogP contribution in [-0.2, 0) is 29.3 Å². The van der Waals surface area contributed by atoms with Crippen molar-refractivity contribution in [3.63, 3.8) is 0 Å². The number of alkyl halides is 3. The molecule has 0 bridgehead atoms. The first-order valence-corrected chi connectivity index (χ1v) is 15.7. The second-order valence-corrected chi connectivity index (χ2v) is 12.8. The van der Waals surface area contributed by atoms with Crippen LogP contribution >= 0.6 is 0 Å². The number of likely N-dealkylation sites (tertiary alicyclic amines) is 1. The van der Waals surface area contributed by atoms with Crippen molar-refractivity contribution in [3.05, 3.63) is 64.8 Å².